The van der Waals surface area contributed by atoms with Crippen LogP contribution in [0.4, 0.5) is 0 Å². The molecule has 0 spiro atoms. The van der Waals surface area contributed by atoms with Crippen LogP contribution in [0.5, 0.6) is 0 Å². The molecule has 508 valence electrons. The molecule has 2 radical (unpaired) electrons. The number of nitrogens with two attached hydrogens (primary N) is 1. The van der Waals surface area contributed by atoms with Crippen molar-refractivity contribution in [2.45, 2.75) is 247 Å². The third-order valence-electron chi connectivity index (χ3n) is 11.1. The second kappa shape index (κ2) is 60.2. The summed E-state index contributed by atoms with van der Waals surface area (Å²) >= 11 is 4.23. The van der Waals surface area contributed by atoms with Crippen LogP contribution in [0, 0.1) is 23.8 Å². The van der Waals surface area contributed by atoms with E-state index in [4.69, 9.17) is 94.5 Å². The molecule has 0 amide bonds. The molecule has 0 bridgehead atoms. The first-order valence-corrected chi connectivity index (χ1v) is 40.8. The predicted molar refractivity (Wildman–Crippen MR) is 379 cm³/mol. The van der Waals surface area contributed by atoms with Crippen LogP contribution in [0.15, 0.2) is 31.8 Å². The van der Waals surface area contributed by atoms with Crippen LogP contribution in [-0.2, 0) is 56.0 Å². The van der Waals surface area contributed by atoms with E-state index >= 15 is 0 Å². The molecule has 0 aliphatic carbocycles. The maximum absolute atomic E-state index is 10.8. The van der Waals surface area contributed by atoms with Crippen molar-refractivity contribution in [1.29, 1.82) is 0 Å². The first-order chi connectivity index (χ1) is 38.1. The molecule has 0 saturated carbocycles. The van der Waals surface area contributed by atoms with E-state index in [1.807, 2.05) is 50.3 Å². The SMILES string of the molecule is C.C#CC[C@@H](O)CO[Si](C)(C)C(C)(C)C.C=C(C[C@@H]1COC(C)(C)O1)S(=O)(=O)Cl.C=C(I)C[C@@H](O)CO.C=C(I)C[C@@H]1COC(C)(C)O1.CC(C)(C)[Si](C)(C)OC[C@H](O)CC#C[Si](C)(C)C.CO.COC(C)(C)OC.O=CO[O-].[2H]CC.[B]B(C)N.[H-].[K+].[K+]. The molecule has 0 aromatic heterocycles. The number of rotatable bonds is 19. The number of terminal acetylenes is 1. The summed E-state index contributed by atoms with van der Waals surface area (Å²) in [4.78, 5) is 11.2. The van der Waals surface area contributed by atoms with Gasteiger partial charge < -0.3 is 80.0 Å². The van der Waals surface area contributed by atoms with Gasteiger partial charge in [-0.2, -0.15) is 0 Å². The standard InChI is InChI=1S/C14H30O2Si2.C11H22O2Si.C8H13ClO4S.C8H13IO2.C5H9IO2.C5H12O2.C2H6.CH5B2N.CH2O3.CH4O.CH4.2K.H/c1-14(2,3)18(7,8)16-12-13(15)10-9-11-17(4,5)6;1-7-8-10(12)9-13-14(5,6)11(2,3)4;1-6(14(9,10)11)4-7-5-12-8(2,3)13-7;1-6(9)4-7-5-10-8(2,3)11-7;1-4(6)2-5(8)3-7;1-5(2,6-3)7-4;1-2;1-3(2)4;2-1-4-3;1-2;;;;/h13,15H,10,12H2,1-8H3;1,10,12H,8-9H2,2-6H3;7H,1,4-5H2,2-3H3;7H,1,4-5H2,2-3H3;5,7-8H,1-3H2;1-4H3;1-2H3;4H2,1H3;1,3H;2H,1H3;1H4;;;/q;;;;;;;;;;;2*+1;-1/p-1/t13-;10-;2*7-;5-;;;;;;;;;/m11111........./s1/i;;;;;;1D;;;;;;;. The van der Waals surface area contributed by atoms with E-state index in [2.05, 4.69) is 152 Å². The zero-order valence-electron chi connectivity index (χ0n) is 59.8. The Morgan fingerprint density at radius 3 is 1.37 bits per heavy atom. The van der Waals surface area contributed by atoms with Crippen LogP contribution in [0.25, 0.3) is 0 Å². The fourth-order valence-electron chi connectivity index (χ4n) is 4.46. The van der Waals surface area contributed by atoms with Crippen LogP contribution in [0.3, 0.4) is 0 Å². The van der Waals surface area contributed by atoms with Gasteiger partial charge in [0.1, 0.15) is 8.07 Å². The van der Waals surface area contributed by atoms with Crippen molar-refractivity contribution in [3.05, 3.63) is 31.8 Å². The topological polar surface area (TPSA) is 285 Å². The second-order valence-corrected chi connectivity index (χ2v) is 43.9. The average molecular weight is 1610 g/mol. The summed E-state index contributed by atoms with van der Waals surface area (Å²) in [6.07, 6.45) is 5.87. The summed E-state index contributed by atoms with van der Waals surface area (Å²) in [7, 11) is 5.76. The molecule has 2 rings (SSSR count). The first kappa shape index (κ1) is 111. The van der Waals surface area contributed by atoms with Gasteiger partial charge in [-0.1, -0.05) is 109 Å². The summed E-state index contributed by atoms with van der Waals surface area (Å²) in [5.74, 6) is 4.06. The Labute approximate surface area is 655 Å². The van der Waals surface area contributed by atoms with E-state index in [-0.39, 0.29) is 165 Å². The van der Waals surface area contributed by atoms with Gasteiger partial charge in [0, 0.05) is 73.2 Å². The molecule has 2 heterocycles. The smallest absolute Gasteiger partial charge is 1.00 e. The van der Waals surface area contributed by atoms with Gasteiger partial charge in [-0.25, -0.2) is 8.42 Å². The molecule has 2 saturated heterocycles. The van der Waals surface area contributed by atoms with E-state index in [1.165, 1.54) is 0 Å². The van der Waals surface area contributed by atoms with Crippen molar-refractivity contribution < 1.29 is 192 Å². The van der Waals surface area contributed by atoms with Crippen molar-refractivity contribution in [2.24, 2.45) is 5.64 Å². The van der Waals surface area contributed by atoms with Crippen LogP contribution in [-0.4, -0.2) is 182 Å². The number of aliphatic hydroxyl groups is 5. The molecule has 2 fully saturated rings. The van der Waals surface area contributed by atoms with Gasteiger partial charge in [-0.15, -0.1) is 23.8 Å². The summed E-state index contributed by atoms with van der Waals surface area (Å²) in [5, 5.41) is 52.1. The minimum Gasteiger partial charge on any atom is -1.00 e. The molecule has 19 nitrogen and oxygen atoms in total. The van der Waals surface area contributed by atoms with Crippen molar-refractivity contribution in [3.8, 4) is 23.8 Å². The number of carbonyl (C=O) groups excluding carboxylic acids is 1. The summed E-state index contributed by atoms with van der Waals surface area (Å²) in [6, 6.07) is 0. The molecular formula is C57H120B2ClI2K2NO18SSi3. The number of carbonyl (C=O) groups is 1. The Balaban J connectivity index is -0.0000000774. The number of ether oxygens (including phenoxy) is 6. The monoisotopic (exact) mass is 1610 g/mol. The maximum atomic E-state index is 10.8. The van der Waals surface area contributed by atoms with Crippen molar-refractivity contribution in [2.75, 3.05) is 54.4 Å². The number of aliphatic hydroxyl groups excluding tert-OH is 5. The Hall–Kier alpha value is 2.96. The number of hydrogen-bond donors (Lipinski definition) is 6. The minimum atomic E-state index is -3.69. The largest absolute Gasteiger partial charge is 1.00 e. The molecule has 0 unspecified atom stereocenters. The first-order valence-electron chi connectivity index (χ1n) is 27.7. The van der Waals surface area contributed by atoms with Gasteiger partial charge in [-0.3, -0.25) is 4.79 Å². The summed E-state index contributed by atoms with van der Waals surface area (Å²) < 4.78 is 73.0. The number of methoxy groups -OCH3 is 2. The van der Waals surface area contributed by atoms with E-state index < -0.39 is 69.4 Å². The Kier molecular flexibility index (Phi) is 77.0. The third-order valence-corrected chi connectivity index (χ3v) is 23.4. The number of hydrogen-bond acceptors (Lipinski definition) is 19. The van der Waals surface area contributed by atoms with Crippen molar-refractivity contribution in [3.63, 3.8) is 0 Å². The summed E-state index contributed by atoms with van der Waals surface area (Å²) in [6.45, 7) is 55.7. The Morgan fingerprint density at radius 1 is 0.851 bits per heavy atom. The molecule has 87 heavy (non-hydrogen) atoms. The molecular weight excluding hydrogens is 1490 g/mol. The zero-order chi connectivity index (χ0) is 69.7. The molecule has 7 N–H and O–H groups in total. The van der Waals surface area contributed by atoms with Gasteiger partial charge in [0.05, 0.1) is 68.5 Å². The van der Waals surface area contributed by atoms with Crippen molar-refractivity contribution >= 4 is 111 Å². The van der Waals surface area contributed by atoms with Gasteiger partial charge in [0.15, 0.2) is 40.7 Å². The minimum absolute atomic E-state index is 0. The molecule has 0 aromatic carbocycles. The van der Waals surface area contributed by atoms with Gasteiger partial charge in [0.25, 0.3) is 15.5 Å². The second-order valence-electron chi connectivity index (χ2n) is 23.8. The number of halogens is 3. The third kappa shape index (κ3) is 79.6. The summed E-state index contributed by atoms with van der Waals surface area (Å²) in [5.41, 5.74) is 8.15. The zero-order valence-corrected chi connectivity index (χ0v) is 72.9. The quantitative estimate of drug-likeness (QED) is 0.0147. The normalized spacial score (nSPS) is 16.4. The Morgan fingerprint density at radius 2 is 1.17 bits per heavy atom. The average Bonchev–Trinajstić information content (AvgIpc) is 3.87. The van der Waals surface area contributed by atoms with Gasteiger partial charge in [-0.05, 0) is 130 Å². The maximum Gasteiger partial charge on any atom is 1.00 e. The van der Waals surface area contributed by atoms with E-state index in [0.29, 0.717) is 52.6 Å². The molecule has 0 aromatic rings. The van der Waals surface area contributed by atoms with E-state index in [1.54, 1.807) is 41.8 Å². The predicted octanol–water partition coefficient (Wildman–Crippen LogP) is 4.87. The van der Waals surface area contributed by atoms with Gasteiger partial charge in [0.2, 0.25) is 0 Å². The fraction of sp³-hybridized carbons (Fsp3) is 0.807. The molecule has 5 atom stereocenters. The van der Waals surface area contributed by atoms with Crippen LogP contribution in [0.1, 0.15) is 139 Å². The van der Waals surface area contributed by atoms with Crippen LogP contribution in [0.2, 0.25) is 62.7 Å². The van der Waals surface area contributed by atoms with Crippen LogP contribution < -0.4 is 114 Å². The van der Waals surface area contributed by atoms with E-state index in [0.717, 1.165) is 20.7 Å². The molecule has 30 heteroatoms. The van der Waals surface area contributed by atoms with E-state index in [9.17, 15) is 18.6 Å². The Bertz CT molecular complexity index is 1980. The molecule has 2 aliphatic rings. The van der Waals surface area contributed by atoms with Gasteiger partial charge >= 0.3 is 103 Å². The van der Waals surface area contributed by atoms with Crippen molar-refractivity contribution in [1.82, 2.24) is 0 Å². The van der Waals surface area contributed by atoms with Crippen LogP contribution >= 0.6 is 55.9 Å². The fourth-order valence-corrected chi connectivity index (χ4v) is 8.75. The molecule has 2 aliphatic heterocycles.